The summed E-state index contributed by atoms with van der Waals surface area (Å²) in [5.41, 5.74) is 4.59. The van der Waals surface area contributed by atoms with Crippen LogP contribution in [0.1, 0.15) is 80.4 Å². The smallest absolute Gasteiger partial charge is 0.305 e. The zero-order valence-corrected chi connectivity index (χ0v) is 24.6. The van der Waals surface area contributed by atoms with Crippen molar-refractivity contribution in [2.45, 2.75) is 77.5 Å². The number of amides is 1. The Kier molecular flexibility index (Phi) is 11.7. The van der Waals surface area contributed by atoms with E-state index in [9.17, 15) is 24.9 Å². The van der Waals surface area contributed by atoms with Crippen LogP contribution in [-0.4, -0.2) is 49.1 Å². The number of aliphatic hydroxyl groups excluding tert-OH is 3. The minimum atomic E-state index is -1.17. The van der Waals surface area contributed by atoms with Crippen LogP contribution in [0.5, 0.6) is 0 Å². The number of carboxylic acids is 1. The Morgan fingerprint density at radius 3 is 2.43 bits per heavy atom. The summed E-state index contributed by atoms with van der Waals surface area (Å²) in [5.74, 6) is -1.50. The number of aliphatic carboxylic acids is 1. The SMILES string of the molecule is C=C/C(=C\C=C/C)c1c(C(=O)NC2=C(O)CCC=C2)c(C(C)C)n(CCC(O)CC(O)CC(=O)O)c1-c1ccccc1. The average molecular weight is 575 g/mol. The van der Waals surface area contributed by atoms with Gasteiger partial charge in [0.25, 0.3) is 5.91 Å². The van der Waals surface area contributed by atoms with E-state index in [1.807, 2.05) is 80.0 Å². The first-order chi connectivity index (χ1) is 20.1. The van der Waals surface area contributed by atoms with Crippen molar-refractivity contribution in [3.63, 3.8) is 0 Å². The van der Waals surface area contributed by atoms with E-state index in [-0.39, 0.29) is 30.4 Å². The van der Waals surface area contributed by atoms with E-state index in [4.69, 9.17) is 5.11 Å². The van der Waals surface area contributed by atoms with Crippen LogP contribution < -0.4 is 5.32 Å². The van der Waals surface area contributed by atoms with Gasteiger partial charge in [-0.2, -0.15) is 0 Å². The third-order valence-corrected chi connectivity index (χ3v) is 7.13. The van der Waals surface area contributed by atoms with Gasteiger partial charge in [0.05, 0.1) is 35.6 Å². The van der Waals surface area contributed by atoms with Crippen LogP contribution in [0.2, 0.25) is 0 Å². The largest absolute Gasteiger partial charge is 0.510 e. The molecule has 224 valence electrons. The highest BCUT2D eigenvalue weighted by atomic mass is 16.4. The Morgan fingerprint density at radius 2 is 1.83 bits per heavy atom. The number of aliphatic hydroxyl groups is 3. The zero-order valence-electron chi connectivity index (χ0n) is 24.6. The second kappa shape index (κ2) is 15.2. The van der Waals surface area contributed by atoms with E-state index < -0.39 is 24.6 Å². The van der Waals surface area contributed by atoms with Crippen molar-refractivity contribution in [2.24, 2.45) is 0 Å². The molecule has 1 heterocycles. The number of hydrogen-bond acceptors (Lipinski definition) is 5. The third-order valence-electron chi connectivity index (χ3n) is 7.13. The number of benzene rings is 1. The molecule has 0 bridgehead atoms. The van der Waals surface area contributed by atoms with Crippen LogP contribution in [0.3, 0.4) is 0 Å². The first-order valence-corrected chi connectivity index (χ1v) is 14.3. The monoisotopic (exact) mass is 574 g/mol. The summed E-state index contributed by atoms with van der Waals surface area (Å²) in [6, 6.07) is 9.67. The summed E-state index contributed by atoms with van der Waals surface area (Å²) in [5, 5.41) is 43.3. The number of allylic oxidation sites excluding steroid dienone is 8. The predicted octanol–water partition coefficient (Wildman–Crippen LogP) is 6.25. The van der Waals surface area contributed by atoms with Crippen LogP contribution >= 0.6 is 0 Å². The first-order valence-electron chi connectivity index (χ1n) is 14.3. The Balaban J connectivity index is 2.26. The fourth-order valence-corrected chi connectivity index (χ4v) is 5.28. The molecule has 3 rings (SSSR count). The lowest BCUT2D eigenvalue weighted by atomic mass is 9.93. The van der Waals surface area contributed by atoms with Gasteiger partial charge in [0, 0.05) is 24.2 Å². The van der Waals surface area contributed by atoms with E-state index in [2.05, 4.69) is 11.9 Å². The van der Waals surface area contributed by atoms with Gasteiger partial charge >= 0.3 is 5.97 Å². The van der Waals surface area contributed by atoms with Crippen molar-refractivity contribution in [2.75, 3.05) is 0 Å². The summed E-state index contributed by atoms with van der Waals surface area (Å²) in [7, 11) is 0. The van der Waals surface area contributed by atoms with Crippen molar-refractivity contribution in [3.05, 3.63) is 102 Å². The molecule has 1 aliphatic carbocycles. The van der Waals surface area contributed by atoms with E-state index in [0.717, 1.165) is 22.5 Å². The molecule has 1 aliphatic rings. The molecule has 5 N–H and O–H groups in total. The van der Waals surface area contributed by atoms with Crippen LogP contribution in [0, 0.1) is 0 Å². The fraction of sp³-hybridized carbons (Fsp3) is 0.353. The Morgan fingerprint density at radius 1 is 1.12 bits per heavy atom. The minimum absolute atomic E-state index is 0.0790. The lowest BCUT2D eigenvalue weighted by molar-refractivity contribution is -0.139. The maximum absolute atomic E-state index is 14.2. The van der Waals surface area contributed by atoms with Crippen molar-refractivity contribution in [1.82, 2.24) is 9.88 Å². The summed E-state index contributed by atoms with van der Waals surface area (Å²) in [6.45, 7) is 10.2. The van der Waals surface area contributed by atoms with Crippen molar-refractivity contribution in [3.8, 4) is 11.3 Å². The Labute approximate surface area is 247 Å². The summed E-state index contributed by atoms with van der Waals surface area (Å²) in [6.07, 6.45) is 9.70. The molecule has 2 atom stereocenters. The summed E-state index contributed by atoms with van der Waals surface area (Å²) in [4.78, 5) is 25.2. The molecule has 8 nitrogen and oxygen atoms in total. The van der Waals surface area contributed by atoms with Gasteiger partial charge in [-0.15, -0.1) is 0 Å². The lowest BCUT2D eigenvalue weighted by Crippen LogP contribution is -2.26. The zero-order chi connectivity index (χ0) is 30.8. The van der Waals surface area contributed by atoms with Crippen molar-refractivity contribution < 1.29 is 30.0 Å². The number of carboxylic acid groups (broad SMARTS) is 1. The maximum atomic E-state index is 14.2. The number of nitrogens with one attached hydrogen (secondary N) is 1. The molecule has 0 radical (unpaired) electrons. The molecule has 0 spiro atoms. The van der Waals surface area contributed by atoms with Gasteiger partial charge in [-0.1, -0.05) is 81.1 Å². The second-order valence-electron chi connectivity index (χ2n) is 10.7. The van der Waals surface area contributed by atoms with E-state index >= 15 is 0 Å². The van der Waals surface area contributed by atoms with Gasteiger partial charge in [-0.05, 0) is 49.3 Å². The highest BCUT2D eigenvalue weighted by molar-refractivity contribution is 6.06. The Bertz CT molecular complexity index is 1390. The van der Waals surface area contributed by atoms with Crippen molar-refractivity contribution in [1.29, 1.82) is 0 Å². The van der Waals surface area contributed by atoms with Gasteiger partial charge < -0.3 is 30.3 Å². The number of rotatable bonds is 14. The van der Waals surface area contributed by atoms with Gasteiger partial charge in [-0.3, -0.25) is 9.59 Å². The number of carbonyl (C=O) groups excluding carboxylic acids is 1. The molecule has 2 unspecified atom stereocenters. The van der Waals surface area contributed by atoms with Crippen LogP contribution in [-0.2, 0) is 11.3 Å². The van der Waals surface area contributed by atoms with Gasteiger partial charge in [0.1, 0.15) is 5.76 Å². The number of carbonyl (C=O) groups is 2. The molecule has 42 heavy (non-hydrogen) atoms. The first kappa shape index (κ1) is 32.4. The summed E-state index contributed by atoms with van der Waals surface area (Å²) >= 11 is 0. The molecule has 2 aromatic rings. The molecule has 0 saturated carbocycles. The van der Waals surface area contributed by atoms with Gasteiger partial charge in [0.2, 0.25) is 0 Å². The van der Waals surface area contributed by atoms with E-state index in [0.29, 0.717) is 36.2 Å². The molecule has 1 aromatic carbocycles. The van der Waals surface area contributed by atoms with E-state index in [1.54, 1.807) is 12.2 Å². The standard InChI is InChI=1S/C34H42N2O6/c1-5-7-13-23(6-2)30-31(34(42)35-27-16-11-12-17-28(27)39)32(22(3)4)36(33(30)24-14-9-8-10-15-24)19-18-25(37)20-26(38)21-29(40)41/h5-11,13-16,22,25-26,37-39H,2,12,17-21H2,1,3-4H3,(H,35,42)(H,40,41)/b7-5-,23-13+. The molecule has 1 aromatic heterocycles. The average Bonchev–Trinajstić information content (AvgIpc) is 3.29. The molecular weight excluding hydrogens is 532 g/mol. The molecule has 1 amide bonds. The normalized spacial score (nSPS) is 15.3. The fourth-order valence-electron chi connectivity index (χ4n) is 5.28. The molecular formula is C34H42N2O6. The molecule has 0 saturated heterocycles. The van der Waals surface area contributed by atoms with Gasteiger partial charge in [0.15, 0.2) is 0 Å². The minimum Gasteiger partial charge on any atom is -0.510 e. The van der Waals surface area contributed by atoms with Crippen molar-refractivity contribution >= 4 is 17.4 Å². The highest BCUT2D eigenvalue weighted by Crippen LogP contribution is 2.40. The highest BCUT2D eigenvalue weighted by Gasteiger charge is 2.31. The molecule has 8 heteroatoms. The van der Waals surface area contributed by atoms with Crippen LogP contribution in [0.4, 0.5) is 0 Å². The van der Waals surface area contributed by atoms with Gasteiger partial charge in [-0.25, -0.2) is 0 Å². The molecule has 0 aliphatic heterocycles. The summed E-state index contributed by atoms with van der Waals surface area (Å²) < 4.78 is 2.04. The maximum Gasteiger partial charge on any atom is 0.305 e. The molecule has 0 fully saturated rings. The Hall–Kier alpha value is -4.14. The quantitative estimate of drug-likeness (QED) is 0.170. The number of nitrogens with zero attached hydrogens (tertiary/aromatic N) is 1. The van der Waals surface area contributed by atoms with Crippen LogP contribution in [0.15, 0.2) is 84.8 Å². The van der Waals surface area contributed by atoms with E-state index in [1.165, 1.54) is 0 Å². The lowest BCUT2D eigenvalue weighted by Gasteiger charge is -2.20. The third kappa shape index (κ3) is 7.99. The topological polar surface area (TPSA) is 132 Å². The predicted molar refractivity (Wildman–Crippen MR) is 166 cm³/mol. The number of aromatic nitrogens is 1. The second-order valence-corrected chi connectivity index (χ2v) is 10.7. The van der Waals surface area contributed by atoms with Crippen LogP contribution in [0.25, 0.3) is 16.8 Å². The number of hydrogen-bond donors (Lipinski definition) is 5.